The fourth-order valence-electron chi connectivity index (χ4n) is 1.44. The number of benzene rings is 1. The number of ketones is 1. The molecule has 0 amide bonds. The molecule has 2 rings (SSSR count). The number of rotatable bonds is 6. The zero-order valence-corrected chi connectivity index (χ0v) is 12.2. The van der Waals surface area contributed by atoms with Crippen molar-refractivity contribution in [2.75, 3.05) is 5.75 Å². The largest absolute Gasteiger partial charge is 0.293 e. The highest BCUT2D eigenvalue weighted by atomic mass is 32.2. The number of aryl methyl sites for hydroxylation is 1. The quantitative estimate of drug-likeness (QED) is 0.353. The SMILES string of the molecule is CCc1nsc(SCC(=O)c2cccc([N+](=O)[O-])c2)n1. The average molecular weight is 309 g/mol. The number of thioether (sulfide) groups is 1. The minimum atomic E-state index is -0.512. The predicted molar refractivity (Wildman–Crippen MR) is 77.4 cm³/mol. The molecular weight excluding hydrogens is 298 g/mol. The first kappa shape index (κ1) is 14.6. The van der Waals surface area contributed by atoms with E-state index in [1.807, 2.05) is 6.92 Å². The smallest absolute Gasteiger partial charge is 0.270 e. The maximum atomic E-state index is 12.0. The van der Waals surface area contributed by atoms with Crippen LogP contribution in [0.4, 0.5) is 5.69 Å². The van der Waals surface area contributed by atoms with Crippen molar-refractivity contribution < 1.29 is 9.72 Å². The first-order chi connectivity index (χ1) is 9.60. The highest BCUT2D eigenvalue weighted by Gasteiger charge is 2.13. The molecule has 0 aliphatic carbocycles. The summed E-state index contributed by atoms with van der Waals surface area (Å²) in [4.78, 5) is 26.4. The highest BCUT2D eigenvalue weighted by Crippen LogP contribution is 2.22. The fourth-order valence-corrected chi connectivity index (χ4v) is 3.03. The maximum absolute atomic E-state index is 12.0. The molecule has 1 aromatic heterocycles. The Hall–Kier alpha value is -1.80. The second kappa shape index (κ2) is 6.58. The van der Waals surface area contributed by atoms with Gasteiger partial charge >= 0.3 is 0 Å². The van der Waals surface area contributed by atoms with Gasteiger partial charge in [-0.3, -0.25) is 14.9 Å². The maximum Gasteiger partial charge on any atom is 0.270 e. The van der Waals surface area contributed by atoms with Crippen LogP contribution in [0.3, 0.4) is 0 Å². The fraction of sp³-hybridized carbons (Fsp3) is 0.250. The lowest BCUT2D eigenvalue weighted by Gasteiger charge is -1.99. The molecule has 0 atom stereocenters. The molecule has 104 valence electrons. The molecule has 0 N–H and O–H groups in total. The molecule has 0 aliphatic rings. The number of nitro benzene ring substituents is 1. The van der Waals surface area contributed by atoms with Crippen molar-refractivity contribution >= 4 is 34.8 Å². The Morgan fingerprint density at radius 1 is 1.50 bits per heavy atom. The molecule has 2 aromatic rings. The first-order valence-electron chi connectivity index (χ1n) is 5.83. The number of nitrogens with zero attached hydrogens (tertiary/aromatic N) is 3. The van der Waals surface area contributed by atoms with Crippen LogP contribution in [-0.2, 0) is 6.42 Å². The molecular formula is C12H11N3O3S2. The highest BCUT2D eigenvalue weighted by molar-refractivity contribution is 8.01. The van der Waals surface area contributed by atoms with E-state index in [0.29, 0.717) is 5.56 Å². The first-order valence-corrected chi connectivity index (χ1v) is 7.59. The van der Waals surface area contributed by atoms with Gasteiger partial charge in [-0.1, -0.05) is 30.8 Å². The molecule has 8 heteroatoms. The topological polar surface area (TPSA) is 86.0 Å². The van der Waals surface area contributed by atoms with E-state index < -0.39 is 4.92 Å². The van der Waals surface area contributed by atoms with E-state index >= 15 is 0 Å². The molecule has 0 saturated carbocycles. The number of hydrogen-bond donors (Lipinski definition) is 0. The van der Waals surface area contributed by atoms with E-state index in [-0.39, 0.29) is 17.2 Å². The van der Waals surface area contributed by atoms with Crippen LogP contribution < -0.4 is 0 Å². The Labute approximate surface area is 123 Å². The van der Waals surface area contributed by atoms with Gasteiger partial charge in [0, 0.05) is 24.1 Å². The minimum Gasteiger partial charge on any atom is -0.293 e. The van der Waals surface area contributed by atoms with E-state index in [0.717, 1.165) is 16.6 Å². The summed E-state index contributed by atoms with van der Waals surface area (Å²) in [6, 6.07) is 5.74. The van der Waals surface area contributed by atoms with Crippen LogP contribution in [0.25, 0.3) is 0 Å². The summed E-state index contributed by atoms with van der Waals surface area (Å²) in [5.41, 5.74) is 0.261. The van der Waals surface area contributed by atoms with Crippen molar-refractivity contribution in [3.05, 3.63) is 45.8 Å². The van der Waals surface area contributed by atoms with E-state index in [9.17, 15) is 14.9 Å². The Bertz CT molecular complexity index is 642. The van der Waals surface area contributed by atoms with Crippen LogP contribution in [0.15, 0.2) is 28.6 Å². The van der Waals surface area contributed by atoms with Crippen molar-refractivity contribution in [3.63, 3.8) is 0 Å². The molecule has 0 saturated heterocycles. The third kappa shape index (κ3) is 3.61. The Morgan fingerprint density at radius 2 is 2.30 bits per heavy atom. The van der Waals surface area contributed by atoms with E-state index in [4.69, 9.17) is 0 Å². The Kier molecular flexibility index (Phi) is 4.80. The van der Waals surface area contributed by atoms with Gasteiger partial charge in [0.1, 0.15) is 5.82 Å². The third-order valence-electron chi connectivity index (χ3n) is 2.47. The number of aromatic nitrogens is 2. The number of non-ortho nitro benzene ring substituents is 1. The summed E-state index contributed by atoms with van der Waals surface area (Å²) >= 11 is 2.56. The van der Waals surface area contributed by atoms with Gasteiger partial charge in [0.15, 0.2) is 10.1 Å². The number of carbonyl (C=O) groups is 1. The number of carbonyl (C=O) groups excluding carboxylic acids is 1. The summed E-state index contributed by atoms with van der Waals surface area (Å²) in [5, 5.41) is 10.7. The van der Waals surface area contributed by atoms with Gasteiger partial charge < -0.3 is 0 Å². The van der Waals surface area contributed by atoms with Gasteiger partial charge in [-0.2, -0.15) is 4.37 Å². The molecule has 6 nitrogen and oxygen atoms in total. The van der Waals surface area contributed by atoms with Crippen LogP contribution in [-0.4, -0.2) is 25.8 Å². The van der Waals surface area contributed by atoms with Gasteiger partial charge in [0.2, 0.25) is 0 Å². The van der Waals surface area contributed by atoms with Crippen molar-refractivity contribution in [1.29, 1.82) is 0 Å². The summed E-state index contributed by atoms with van der Waals surface area (Å²) in [7, 11) is 0. The second-order valence-electron chi connectivity index (χ2n) is 3.85. The van der Waals surface area contributed by atoms with Crippen LogP contribution in [0.2, 0.25) is 0 Å². The summed E-state index contributed by atoms with van der Waals surface area (Å²) < 4.78 is 4.87. The zero-order valence-electron chi connectivity index (χ0n) is 10.6. The molecule has 0 unspecified atom stereocenters. The molecule has 1 aromatic carbocycles. The van der Waals surface area contributed by atoms with Crippen LogP contribution in [0, 0.1) is 10.1 Å². The number of nitro groups is 1. The Morgan fingerprint density at radius 3 is 2.95 bits per heavy atom. The predicted octanol–water partition coefficient (Wildman–Crippen LogP) is 2.98. The van der Waals surface area contributed by atoms with Crippen molar-refractivity contribution in [2.45, 2.75) is 17.7 Å². The van der Waals surface area contributed by atoms with E-state index in [1.165, 1.54) is 41.5 Å². The second-order valence-corrected chi connectivity index (χ2v) is 5.82. The monoisotopic (exact) mass is 309 g/mol. The molecule has 0 spiro atoms. The lowest BCUT2D eigenvalue weighted by atomic mass is 10.1. The molecule has 1 heterocycles. The average Bonchev–Trinajstić information content (AvgIpc) is 2.93. The van der Waals surface area contributed by atoms with Gasteiger partial charge in [-0.25, -0.2) is 4.98 Å². The molecule has 0 bridgehead atoms. The van der Waals surface area contributed by atoms with Crippen molar-refractivity contribution in [3.8, 4) is 0 Å². The van der Waals surface area contributed by atoms with Crippen LogP contribution in [0.5, 0.6) is 0 Å². The van der Waals surface area contributed by atoms with Crippen molar-refractivity contribution in [1.82, 2.24) is 9.36 Å². The van der Waals surface area contributed by atoms with Gasteiger partial charge in [0.05, 0.1) is 10.7 Å². The molecule has 0 aliphatic heterocycles. The van der Waals surface area contributed by atoms with Crippen LogP contribution in [0.1, 0.15) is 23.1 Å². The Balaban J connectivity index is 2.01. The lowest BCUT2D eigenvalue weighted by Crippen LogP contribution is -2.03. The van der Waals surface area contributed by atoms with Gasteiger partial charge in [-0.15, -0.1) is 0 Å². The standard InChI is InChI=1S/C12H11N3O3S2/c1-2-11-13-12(20-14-11)19-7-10(16)8-4-3-5-9(6-8)15(17)18/h3-6H,2,7H2,1H3. The van der Waals surface area contributed by atoms with Crippen LogP contribution >= 0.6 is 23.3 Å². The molecule has 0 fully saturated rings. The van der Waals surface area contributed by atoms with Gasteiger partial charge in [0.25, 0.3) is 5.69 Å². The summed E-state index contributed by atoms with van der Waals surface area (Å²) in [6.45, 7) is 1.96. The number of Topliss-reactive ketones (excluding diaryl/α,β-unsaturated/α-hetero) is 1. The summed E-state index contributed by atoms with van der Waals surface area (Å²) in [6.07, 6.45) is 0.760. The number of hydrogen-bond acceptors (Lipinski definition) is 7. The van der Waals surface area contributed by atoms with E-state index in [2.05, 4.69) is 9.36 Å². The molecule has 20 heavy (non-hydrogen) atoms. The van der Waals surface area contributed by atoms with E-state index in [1.54, 1.807) is 6.07 Å². The van der Waals surface area contributed by atoms with Gasteiger partial charge in [-0.05, 0) is 11.5 Å². The zero-order chi connectivity index (χ0) is 14.5. The normalized spacial score (nSPS) is 10.4. The third-order valence-corrected chi connectivity index (χ3v) is 4.34. The summed E-state index contributed by atoms with van der Waals surface area (Å²) in [5.74, 6) is 0.798. The van der Waals surface area contributed by atoms with Crippen molar-refractivity contribution in [2.24, 2.45) is 0 Å². The lowest BCUT2D eigenvalue weighted by molar-refractivity contribution is -0.384. The molecule has 0 radical (unpaired) electrons. The minimum absolute atomic E-state index is 0.0787.